The van der Waals surface area contributed by atoms with Crippen molar-refractivity contribution < 1.29 is 13.6 Å². The van der Waals surface area contributed by atoms with E-state index in [4.69, 9.17) is 4.42 Å². The van der Waals surface area contributed by atoms with Gasteiger partial charge in [0.05, 0.1) is 6.20 Å². The van der Waals surface area contributed by atoms with Crippen molar-refractivity contribution in [2.24, 2.45) is 0 Å². The number of anilines is 1. The summed E-state index contributed by atoms with van der Waals surface area (Å²) >= 11 is 0. The average Bonchev–Trinajstić information content (AvgIpc) is 3.25. The maximum atomic E-state index is 13.0. The van der Waals surface area contributed by atoms with Crippen molar-refractivity contribution in [2.45, 2.75) is 18.9 Å². The number of hydrogen-bond acceptors (Lipinski definition) is 4. The topological polar surface area (TPSA) is 58.4 Å². The molecule has 3 aromatic rings. The summed E-state index contributed by atoms with van der Waals surface area (Å²) in [7, 11) is 0. The van der Waals surface area contributed by atoms with Crippen LogP contribution >= 0.6 is 0 Å². The number of carbonyl (C=O) groups is 1. The van der Waals surface area contributed by atoms with E-state index < -0.39 is 0 Å². The predicted octanol–water partition coefficient (Wildman–Crippen LogP) is 4.20. The Bertz CT molecular complexity index is 884. The second-order valence-electron chi connectivity index (χ2n) is 6.66. The maximum Gasteiger partial charge on any atom is 0.253 e. The van der Waals surface area contributed by atoms with Crippen molar-refractivity contribution in [3.63, 3.8) is 0 Å². The third-order valence-corrected chi connectivity index (χ3v) is 4.85. The van der Waals surface area contributed by atoms with Gasteiger partial charge < -0.3 is 14.6 Å². The third-order valence-electron chi connectivity index (χ3n) is 4.85. The van der Waals surface area contributed by atoms with Gasteiger partial charge in [0.1, 0.15) is 5.82 Å². The van der Waals surface area contributed by atoms with Gasteiger partial charge in [-0.1, -0.05) is 12.1 Å². The lowest BCUT2D eigenvalue weighted by Crippen LogP contribution is -2.42. The van der Waals surface area contributed by atoms with Crippen LogP contribution < -0.4 is 5.32 Å². The number of nitrogens with one attached hydrogen (secondary N) is 1. The molecule has 5 nitrogen and oxygen atoms in total. The van der Waals surface area contributed by atoms with Gasteiger partial charge in [-0.2, -0.15) is 0 Å². The van der Waals surface area contributed by atoms with Gasteiger partial charge in [0.2, 0.25) is 0 Å². The van der Waals surface area contributed by atoms with Gasteiger partial charge in [-0.05, 0) is 49.2 Å². The van der Waals surface area contributed by atoms with Crippen LogP contribution in [0.4, 0.5) is 10.1 Å². The van der Waals surface area contributed by atoms with E-state index in [0.717, 1.165) is 24.1 Å². The smallest absolute Gasteiger partial charge is 0.253 e. The van der Waals surface area contributed by atoms with Crippen molar-refractivity contribution in [3.05, 3.63) is 72.5 Å². The first-order valence-electron chi connectivity index (χ1n) is 8.99. The summed E-state index contributed by atoms with van der Waals surface area (Å²) in [5, 5.41) is 3.41. The highest BCUT2D eigenvalue weighted by Crippen LogP contribution is 2.21. The van der Waals surface area contributed by atoms with Crippen LogP contribution in [0.2, 0.25) is 0 Å². The van der Waals surface area contributed by atoms with Crippen LogP contribution in [0.15, 0.2) is 65.5 Å². The van der Waals surface area contributed by atoms with Crippen LogP contribution in [0, 0.1) is 5.82 Å². The molecular weight excluding hydrogens is 345 g/mol. The summed E-state index contributed by atoms with van der Waals surface area (Å²) in [5.41, 5.74) is 2.47. The maximum absolute atomic E-state index is 13.0. The summed E-state index contributed by atoms with van der Waals surface area (Å²) in [6, 6.07) is 14.0. The number of piperidine rings is 1. The van der Waals surface area contributed by atoms with E-state index in [0.29, 0.717) is 24.4 Å². The van der Waals surface area contributed by atoms with Crippen LogP contribution in [0.25, 0.3) is 11.3 Å². The fraction of sp³-hybridized carbons (Fsp3) is 0.238. The van der Waals surface area contributed by atoms with E-state index in [1.165, 1.54) is 18.5 Å². The lowest BCUT2D eigenvalue weighted by atomic mass is 10.0. The van der Waals surface area contributed by atoms with E-state index in [9.17, 15) is 9.18 Å². The monoisotopic (exact) mass is 365 g/mol. The Morgan fingerprint density at radius 1 is 1.07 bits per heavy atom. The lowest BCUT2D eigenvalue weighted by Gasteiger charge is -2.33. The first-order valence-corrected chi connectivity index (χ1v) is 8.99. The largest absolute Gasteiger partial charge is 0.444 e. The number of likely N-dealkylation sites (tertiary alicyclic amines) is 1. The molecule has 138 valence electrons. The summed E-state index contributed by atoms with van der Waals surface area (Å²) in [4.78, 5) is 18.5. The van der Waals surface area contributed by atoms with Gasteiger partial charge >= 0.3 is 0 Å². The number of oxazole rings is 1. The first kappa shape index (κ1) is 17.3. The number of halogens is 1. The molecule has 0 aliphatic carbocycles. The van der Waals surface area contributed by atoms with Gasteiger partial charge in [0.15, 0.2) is 12.2 Å². The van der Waals surface area contributed by atoms with Gasteiger partial charge in [-0.25, -0.2) is 9.37 Å². The highest BCUT2D eigenvalue weighted by Gasteiger charge is 2.23. The van der Waals surface area contributed by atoms with Crippen molar-refractivity contribution in [1.82, 2.24) is 9.88 Å². The zero-order valence-electron chi connectivity index (χ0n) is 14.8. The van der Waals surface area contributed by atoms with E-state index in [1.807, 2.05) is 29.2 Å². The van der Waals surface area contributed by atoms with Crippen molar-refractivity contribution in [2.75, 3.05) is 18.4 Å². The summed E-state index contributed by atoms with van der Waals surface area (Å²) in [6.45, 7) is 1.39. The lowest BCUT2D eigenvalue weighted by molar-refractivity contribution is 0.0718. The summed E-state index contributed by atoms with van der Waals surface area (Å²) < 4.78 is 18.3. The van der Waals surface area contributed by atoms with Crippen molar-refractivity contribution in [3.8, 4) is 11.3 Å². The Balaban J connectivity index is 1.33. The van der Waals surface area contributed by atoms with Crippen LogP contribution in [0.5, 0.6) is 0 Å². The fourth-order valence-corrected chi connectivity index (χ4v) is 3.33. The predicted molar refractivity (Wildman–Crippen MR) is 101 cm³/mol. The number of carbonyl (C=O) groups excluding carboxylic acids is 1. The average molecular weight is 365 g/mol. The second-order valence-corrected chi connectivity index (χ2v) is 6.66. The fourth-order valence-electron chi connectivity index (χ4n) is 3.33. The minimum absolute atomic E-state index is 0.0411. The first-order chi connectivity index (χ1) is 13.2. The molecule has 1 N–H and O–H groups in total. The number of nitrogens with zero attached hydrogens (tertiary/aromatic N) is 2. The number of rotatable bonds is 4. The molecule has 1 aliphatic rings. The van der Waals surface area contributed by atoms with Gasteiger partial charge in [-0.15, -0.1) is 0 Å². The SMILES string of the molecule is O=C(c1ccc(-c2cnco2)cc1)N1CCC(Nc2ccc(F)cc2)CC1. The molecule has 0 atom stereocenters. The molecule has 2 heterocycles. The Morgan fingerprint density at radius 2 is 1.78 bits per heavy atom. The molecule has 6 heteroatoms. The number of aromatic nitrogens is 1. The van der Waals surface area contributed by atoms with Crippen LogP contribution in [-0.2, 0) is 0 Å². The number of amides is 1. The normalized spacial score (nSPS) is 14.9. The molecule has 0 unspecified atom stereocenters. The van der Waals surface area contributed by atoms with Crippen LogP contribution in [-0.4, -0.2) is 34.9 Å². The summed E-state index contributed by atoms with van der Waals surface area (Å²) in [5.74, 6) is 0.483. The highest BCUT2D eigenvalue weighted by atomic mass is 19.1. The van der Waals surface area contributed by atoms with E-state index >= 15 is 0 Å². The van der Waals surface area contributed by atoms with Gasteiger partial charge in [0, 0.05) is 35.9 Å². The van der Waals surface area contributed by atoms with Crippen LogP contribution in [0.3, 0.4) is 0 Å². The Labute approximate surface area is 156 Å². The van der Waals surface area contributed by atoms with Gasteiger partial charge in [-0.3, -0.25) is 4.79 Å². The van der Waals surface area contributed by atoms with Crippen molar-refractivity contribution >= 4 is 11.6 Å². The third kappa shape index (κ3) is 4.00. The quantitative estimate of drug-likeness (QED) is 0.753. The summed E-state index contributed by atoms with van der Waals surface area (Å²) in [6.07, 6.45) is 4.76. The molecule has 2 aromatic carbocycles. The minimum atomic E-state index is -0.240. The van der Waals surface area contributed by atoms with Crippen LogP contribution in [0.1, 0.15) is 23.2 Å². The Kier molecular flexibility index (Phi) is 4.87. The molecule has 0 saturated carbocycles. The Hall–Kier alpha value is -3.15. The number of hydrogen-bond donors (Lipinski definition) is 1. The molecule has 4 rings (SSSR count). The van der Waals surface area contributed by atoms with E-state index in [1.54, 1.807) is 18.3 Å². The van der Waals surface area contributed by atoms with E-state index in [2.05, 4.69) is 10.3 Å². The molecule has 1 saturated heterocycles. The molecule has 1 aromatic heterocycles. The van der Waals surface area contributed by atoms with Gasteiger partial charge in [0.25, 0.3) is 5.91 Å². The second kappa shape index (κ2) is 7.61. The molecule has 0 spiro atoms. The zero-order chi connectivity index (χ0) is 18.6. The number of benzene rings is 2. The molecule has 1 aliphatic heterocycles. The standard InChI is InChI=1S/C21H20FN3O2/c22-17-5-7-18(8-6-17)24-19-9-11-25(12-10-19)21(26)16-3-1-15(2-4-16)20-13-23-14-27-20/h1-8,13-14,19,24H,9-12H2. The molecule has 0 bridgehead atoms. The molecule has 1 fully saturated rings. The molecule has 1 amide bonds. The zero-order valence-corrected chi connectivity index (χ0v) is 14.8. The molecule has 0 radical (unpaired) electrons. The Morgan fingerprint density at radius 3 is 2.41 bits per heavy atom. The van der Waals surface area contributed by atoms with E-state index in [-0.39, 0.29) is 17.8 Å². The van der Waals surface area contributed by atoms with Crippen molar-refractivity contribution in [1.29, 1.82) is 0 Å². The molecule has 27 heavy (non-hydrogen) atoms. The molecular formula is C21H20FN3O2. The minimum Gasteiger partial charge on any atom is -0.444 e. The highest BCUT2D eigenvalue weighted by molar-refractivity contribution is 5.94.